The molecule has 0 saturated carbocycles. The van der Waals surface area contributed by atoms with Crippen molar-refractivity contribution >= 4 is 17.6 Å². The van der Waals surface area contributed by atoms with Crippen LogP contribution in [0.25, 0.3) is 0 Å². The molecule has 17 heavy (non-hydrogen) atoms. The third-order valence-corrected chi connectivity index (χ3v) is 2.51. The van der Waals surface area contributed by atoms with Gasteiger partial charge in [0.2, 0.25) is 0 Å². The molecule has 2 atom stereocenters. The Bertz CT molecular complexity index is 413. The SMILES string of the molecule is CNCC(O)C(O)c1cnc(Cl)c(C(=O)O)c1. The van der Waals surface area contributed by atoms with Crippen molar-refractivity contribution in [1.82, 2.24) is 10.3 Å². The molecule has 0 amide bonds. The average Bonchev–Trinajstić information content (AvgIpc) is 2.28. The van der Waals surface area contributed by atoms with Crippen molar-refractivity contribution in [2.45, 2.75) is 12.2 Å². The molecule has 1 heterocycles. The number of carboxylic acids is 1. The summed E-state index contributed by atoms with van der Waals surface area (Å²) < 4.78 is 0. The molecule has 94 valence electrons. The maximum atomic E-state index is 10.8. The molecule has 4 N–H and O–H groups in total. The van der Waals surface area contributed by atoms with E-state index in [1.807, 2.05) is 0 Å². The van der Waals surface area contributed by atoms with E-state index >= 15 is 0 Å². The van der Waals surface area contributed by atoms with Gasteiger partial charge in [0.25, 0.3) is 0 Å². The Morgan fingerprint density at radius 1 is 1.59 bits per heavy atom. The average molecular weight is 261 g/mol. The largest absolute Gasteiger partial charge is 0.478 e. The highest BCUT2D eigenvalue weighted by atomic mass is 35.5. The lowest BCUT2D eigenvalue weighted by molar-refractivity contribution is 0.0199. The van der Waals surface area contributed by atoms with E-state index in [2.05, 4.69) is 10.3 Å². The van der Waals surface area contributed by atoms with Crippen LogP contribution in [0.3, 0.4) is 0 Å². The van der Waals surface area contributed by atoms with E-state index in [4.69, 9.17) is 16.7 Å². The van der Waals surface area contributed by atoms with Crippen molar-refractivity contribution in [2.75, 3.05) is 13.6 Å². The molecule has 0 aliphatic rings. The Kier molecular flexibility index (Phi) is 4.83. The van der Waals surface area contributed by atoms with Gasteiger partial charge in [-0.15, -0.1) is 0 Å². The van der Waals surface area contributed by atoms with E-state index < -0.39 is 18.2 Å². The molecule has 7 heteroatoms. The molecule has 0 aliphatic heterocycles. The maximum Gasteiger partial charge on any atom is 0.338 e. The second-order valence-corrected chi connectivity index (χ2v) is 3.84. The van der Waals surface area contributed by atoms with Gasteiger partial charge in [-0.2, -0.15) is 0 Å². The number of carboxylic acid groups (broad SMARTS) is 1. The van der Waals surface area contributed by atoms with Gasteiger partial charge < -0.3 is 20.6 Å². The lowest BCUT2D eigenvalue weighted by Crippen LogP contribution is -2.29. The summed E-state index contributed by atoms with van der Waals surface area (Å²) in [6, 6.07) is 1.20. The Hall–Kier alpha value is -1.21. The third-order valence-electron chi connectivity index (χ3n) is 2.21. The number of hydrogen-bond donors (Lipinski definition) is 4. The van der Waals surface area contributed by atoms with E-state index in [1.54, 1.807) is 7.05 Å². The molecule has 0 aliphatic carbocycles. The van der Waals surface area contributed by atoms with Gasteiger partial charge >= 0.3 is 5.97 Å². The first-order valence-electron chi connectivity index (χ1n) is 4.86. The number of hydrogen-bond acceptors (Lipinski definition) is 5. The third kappa shape index (κ3) is 3.37. The number of carbonyl (C=O) groups is 1. The predicted molar refractivity (Wildman–Crippen MR) is 61.1 cm³/mol. The van der Waals surface area contributed by atoms with Crippen LogP contribution >= 0.6 is 11.6 Å². The maximum absolute atomic E-state index is 10.8. The highest BCUT2D eigenvalue weighted by molar-refractivity contribution is 6.32. The minimum atomic E-state index is -1.24. The van der Waals surface area contributed by atoms with Crippen LogP contribution in [0, 0.1) is 0 Å². The molecule has 2 unspecified atom stereocenters. The van der Waals surface area contributed by atoms with Gasteiger partial charge in [0.15, 0.2) is 0 Å². The summed E-state index contributed by atoms with van der Waals surface area (Å²) in [5.74, 6) is -1.24. The summed E-state index contributed by atoms with van der Waals surface area (Å²) in [5.41, 5.74) is -0.00516. The lowest BCUT2D eigenvalue weighted by Gasteiger charge is -2.17. The highest BCUT2D eigenvalue weighted by Crippen LogP contribution is 2.21. The number of aromatic nitrogens is 1. The van der Waals surface area contributed by atoms with Crippen molar-refractivity contribution < 1.29 is 20.1 Å². The predicted octanol–water partition coefficient (Wildman–Crippen LogP) is 0.0469. The molecular formula is C10H13ClN2O4. The summed E-state index contributed by atoms with van der Waals surface area (Å²) in [4.78, 5) is 14.5. The normalized spacial score (nSPS) is 14.4. The zero-order valence-corrected chi connectivity index (χ0v) is 9.85. The molecule has 1 rings (SSSR count). The van der Waals surface area contributed by atoms with Crippen LogP contribution in [0.2, 0.25) is 5.15 Å². The van der Waals surface area contributed by atoms with Crippen LogP contribution < -0.4 is 5.32 Å². The van der Waals surface area contributed by atoms with Crippen LogP contribution in [0.1, 0.15) is 22.0 Å². The number of likely N-dealkylation sites (N-methyl/N-ethyl adjacent to an activating group) is 1. The van der Waals surface area contributed by atoms with Gasteiger partial charge in [0, 0.05) is 18.3 Å². The van der Waals surface area contributed by atoms with Gasteiger partial charge in [-0.1, -0.05) is 11.6 Å². The minimum Gasteiger partial charge on any atom is -0.478 e. The topological polar surface area (TPSA) is 103 Å². The van der Waals surface area contributed by atoms with Crippen molar-refractivity contribution in [1.29, 1.82) is 0 Å². The summed E-state index contributed by atoms with van der Waals surface area (Å²) in [7, 11) is 1.62. The Balaban J connectivity index is 2.99. The molecule has 6 nitrogen and oxygen atoms in total. The van der Waals surface area contributed by atoms with Crippen LogP contribution in [0.15, 0.2) is 12.3 Å². The van der Waals surface area contributed by atoms with Crippen molar-refractivity contribution in [3.63, 3.8) is 0 Å². The number of halogens is 1. The number of pyridine rings is 1. The molecule has 1 aromatic rings. The van der Waals surface area contributed by atoms with E-state index in [9.17, 15) is 15.0 Å². The fourth-order valence-corrected chi connectivity index (χ4v) is 1.50. The highest BCUT2D eigenvalue weighted by Gasteiger charge is 2.20. The van der Waals surface area contributed by atoms with Gasteiger partial charge in [0.05, 0.1) is 11.7 Å². The number of aliphatic hydroxyl groups excluding tert-OH is 2. The fourth-order valence-electron chi connectivity index (χ4n) is 1.32. The Morgan fingerprint density at radius 3 is 2.76 bits per heavy atom. The molecule has 0 fully saturated rings. The first-order valence-corrected chi connectivity index (χ1v) is 5.24. The van der Waals surface area contributed by atoms with E-state index in [0.29, 0.717) is 0 Å². The fraction of sp³-hybridized carbons (Fsp3) is 0.400. The van der Waals surface area contributed by atoms with Crippen molar-refractivity contribution in [2.24, 2.45) is 0 Å². The first-order chi connectivity index (χ1) is 7.97. The molecular weight excluding hydrogens is 248 g/mol. The summed E-state index contributed by atoms with van der Waals surface area (Å²) in [5, 5.41) is 30.7. The zero-order chi connectivity index (χ0) is 13.0. The van der Waals surface area contributed by atoms with E-state index in [-0.39, 0.29) is 22.8 Å². The molecule has 0 saturated heterocycles. The lowest BCUT2D eigenvalue weighted by atomic mass is 10.0. The van der Waals surface area contributed by atoms with E-state index in [1.165, 1.54) is 12.3 Å². The summed E-state index contributed by atoms with van der Waals surface area (Å²) in [6.07, 6.45) is -1.03. The molecule has 0 aromatic carbocycles. The monoisotopic (exact) mass is 260 g/mol. The summed E-state index contributed by atoms with van der Waals surface area (Å²) >= 11 is 5.59. The number of aliphatic hydroxyl groups is 2. The van der Waals surface area contributed by atoms with E-state index in [0.717, 1.165) is 0 Å². The second kappa shape index (κ2) is 5.92. The number of nitrogens with zero attached hydrogens (tertiary/aromatic N) is 1. The van der Waals surface area contributed by atoms with Crippen LogP contribution in [0.5, 0.6) is 0 Å². The summed E-state index contributed by atoms with van der Waals surface area (Å²) in [6.45, 7) is 0.173. The molecule has 0 bridgehead atoms. The molecule has 1 aromatic heterocycles. The van der Waals surface area contributed by atoms with Crippen LogP contribution in [-0.4, -0.2) is 46.0 Å². The number of aromatic carboxylic acids is 1. The van der Waals surface area contributed by atoms with Gasteiger partial charge in [-0.25, -0.2) is 9.78 Å². The molecule has 0 spiro atoms. The van der Waals surface area contributed by atoms with Crippen LogP contribution in [-0.2, 0) is 0 Å². The second-order valence-electron chi connectivity index (χ2n) is 3.48. The Labute approximate surface area is 103 Å². The quantitative estimate of drug-likeness (QED) is 0.558. The molecule has 0 radical (unpaired) electrons. The van der Waals surface area contributed by atoms with Crippen molar-refractivity contribution in [3.05, 3.63) is 28.5 Å². The minimum absolute atomic E-state index is 0.156. The van der Waals surface area contributed by atoms with Gasteiger partial charge in [-0.05, 0) is 13.1 Å². The smallest absolute Gasteiger partial charge is 0.338 e. The van der Waals surface area contributed by atoms with Gasteiger partial charge in [0.1, 0.15) is 11.3 Å². The zero-order valence-electron chi connectivity index (χ0n) is 9.09. The first kappa shape index (κ1) is 13.9. The standard InChI is InChI=1S/C10H13ClN2O4/c1-12-4-7(14)8(15)5-2-6(10(16)17)9(11)13-3-5/h2-3,7-8,12,14-15H,4H2,1H3,(H,16,17). The van der Waals surface area contributed by atoms with Gasteiger partial charge in [-0.3, -0.25) is 0 Å². The van der Waals surface area contributed by atoms with Crippen molar-refractivity contribution in [3.8, 4) is 0 Å². The number of nitrogens with one attached hydrogen (secondary N) is 1. The Morgan fingerprint density at radius 2 is 2.24 bits per heavy atom. The number of rotatable bonds is 5. The van der Waals surface area contributed by atoms with Crippen LogP contribution in [0.4, 0.5) is 0 Å².